The molecule has 0 aromatic heterocycles. The van der Waals surface area contributed by atoms with Crippen molar-refractivity contribution in [2.75, 3.05) is 0 Å². The molecule has 0 bridgehead atoms. The number of hydrogen-bond donors (Lipinski definition) is 1. The summed E-state index contributed by atoms with van der Waals surface area (Å²) in [6.07, 6.45) is 0.121. The molecular weight excluding hydrogens is 270 g/mol. The maximum Gasteiger partial charge on any atom is 0.124 e. The highest BCUT2D eigenvalue weighted by Gasteiger charge is 2.15. The Balaban J connectivity index is 2.37. The lowest BCUT2D eigenvalue weighted by Gasteiger charge is -2.19. The van der Waals surface area contributed by atoms with E-state index >= 15 is 0 Å². The van der Waals surface area contributed by atoms with Gasteiger partial charge in [-0.2, -0.15) is 0 Å². The SMILES string of the molecule is Cc1cc(C(N)c2ccccc2OC(C)C)ccc1Cl. The van der Waals surface area contributed by atoms with Crippen LogP contribution in [0.4, 0.5) is 0 Å². The third-order valence-electron chi connectivity index (χ3n) is 3.16. The number of benzene rings is 2. The van der Waals surface area contributed by atoms with Gasteiger partial charge in [-0.1, -0.05) is 41.9 Å². The fraction of sp³-hybridized carbons (Fsp3) is 0.294. The van der Waals surface area contributed by atoms with Crippen molar-refractivity contribution < 1.29 is 4.74 Å². The summed E-state index contributed by atoms with van der Waals surface area (Å²) in [6, 6.07) is 13.6. The molecule has 0 spiro atoms. The number of para-hydroxylation sites is 1. The summed E-state index contributed by atoms with van der Waals surface area (Å²) >= 11 is 6.07. The second-order valence-corrected chi connectivity index (χ2v) is 5.60. The molecule has 1 atom stereocenters. The Labute approximate surface area is 125 Å². The van der Waals surface area contributed by atoms with Gasteiger partial charge in [0.2, 0.25) is 0 Å². The van der Waals surface area contributed by atoms with E-state index in [9.17, 15) is 0 Å². The van der Waals surface area contributed by atoms with E-state index in [1.54, 1.807) is 0 Å². The Hall–Kier alpha value is -1.51. The van der Waals surface area contributed by atoms with Crippen LogP contribution in [0.5, 0.6) is 5.75 Å². The predicted molar refractivity (Wildman–Crippen MR) is 84.4 cm³/mol. The molecule has 3 heteroatoms. The zero-order valence-corrected chi connectivity index (χ0v) is 12.8. The highest BCUT2D eigenvalue weighted by atomic mass is 35.5. The summed E-state index contributed by atoms with van der Waals surface area (Å²) in [5.74, 6) is 0.836. The second kappa shape index (κ2) is 6.29. The first-order valence-electron chi connectivity index (χ1n) is 6.76. The molecule has 0 heterocycles. The number of halogens is 1. The van der Waals surface area contributed by atoms with E-state index in [0.29, 0.717) is 0 Å². The summed E-state index contributed by atoms with van der Waals surface area (Å²) in [7, 11) is 0. The largest absolute Gasteiger partial charge is 0.491 e. The molecule has 0 amide bonds. The van der Waals surface area contributed by atoms with Crippen LogP contribution in [0.15, 0.2) is 42.5 Å². The maximum absolute atomic E-state index is 6.39. The van der Waals surface area contributed by atoms with Crippen LogP contribution in [0.3, 0.4) is 0 Å². The van der Waals surface area contributed by atoms with Gasteiger partial charge in [-0.05, 0) is 44.0 Å². The molecule has 1 unspecified atom stereocenters. The van der Waals surface area contributed by atoms with Crippen LogP contribution in [0.25, 0.3) is 0 Å². The van der Waals surface area contributed by atoms with Crippen molar-refractivity contribution in [3.63, 3.8) is 0 Å². The van der Waals surface area contributed by atoms with Gasteiger partial charge in [-0.15, -0.1) is 0 Å². The van der Waals surface area contributed by atoms with E-state index in [1.807, 2.05) is 63.2 Å². The molecule has 0 aliphatic heterocycles. The normalized spacial score (nSPS) is 12.5. The van der Waals surface area contributed by atoms with Crippen LogP contribution in [0, 0.1) is 6.92 Å². The molecule has 20 heavy (non-hydrogen) atoms. The number of hydrogen-bond acceptors (Lipinski definition) is 2. The Kier molecular flexibility index (Phi) is 4.69. The van der Waals surface area contributed by atoms with Crippen molar-refractivity contribution in [2.45, 2.75) is 32.9 Å². The molecule has 2 nitrogen and oxygen atoms in total. The third-order valence-corrected chi connectivity index (χ3v) is 3.58. The lowest BCUT2D eigenvalue weighted by atomic mass is 9.97. The van der Waals surface area contributed by atoms with E-state index in [0.717, 1.165) is 27.5 Å². The quantitative estimate of drug-likeness (QED) is 0.900. The third kappa shape index (κ3) is 3.33. The van der Waals surface area contributed by atoms with E-state index < -0.39 is 0 Å². The Morgan fingerprint density at radius 3 is 2.45 bits per heavy atom. The highest BCUT2D eigenvalue weighted by molar-refractivity contribution is 6.31. The van der Waals surface area contributed by atoms with Gasteiger partial charge in [0, 0.05) is 10.6 Å². The van der Waals surface area contributed by atoms with Crippen molar-refractivity contribution in [3.05, 3.63) is 64.2 Å². The Morgan fingerprint density at radius 2 is 1.80 bits per heavy atom. The first-order valence-corrected chi connectivity index (χ1v) is 7.14. The number of aryl methyl sites for hydroxylation is 1. The zero-order valence-electron chi connectivity index (χ0n) is 12.1. The van der Waals surface area contributed by atoms with Gasteiger partial charge in [0.1, 0.15) is 5.75 Å². The van der Waals surface area contributed by atoms with Gasteiger partial charge < -0.3 is 10.5 Å². The number of ether oxygens (including phenoxy) is 1. The van der Waals surface area contributed by atoms with Gasteiger partial charge in [0.15, 0.2) is 0 Å². The molecule has 0 aliphatic rings. The predicted octanol–water partition coefficient (Wildman–Crippen LogP) is 4.48. The average Bonchev–Trinajstić information content (AvgIpc) is 2.41. The summed E-state index contributed by atoms with van der Waals surface area (Å²) in [5.41, 5.74) is 9.44. The van der Waals surface area contributed by atoms with Gasteiger partial charge in [0.05, 0.1) is 12.1 Å². The molecular formula is C17H20ClNO. The first-order chi connectivity index (χ1) is 9.49. The Bertz CT molecular complexity index is 595. The topological polar surface area (TPSA) is 35.2 Å². The van der Waals surface area contributed by atoms with E-state index in [4.69, 9.17) is 22.1 Å². The summed E-state index contributed by atoms with van der Waals surface area (Å²) in [4.78, 5) is 0. The van der Waals surface area contributed by atoms with Crippen molar-refractivity contribution in [2.24, 2.45) is 5.73 Å². The molecule has 2 N–H and O–H groups in total. The second-order valence-electron chi connectivity index (χ2n) is 5.19. The summed E-state index contributed by atoms with van der Waals surface area (Å²) in [6.45, 7) is 6.00. The molecule has 2 aromatic rings. The smallest absolute Gasteiger partial charge is 0.124 e. The lowest BCUT2D eigenvalue weighted by Crippen LogP contribution is -2.15. The molecule has 2 aromatic carbocycles. The standard InChI is InChI=1S/C17H20ClNO/c1-11(2)20-16-7-5-4-6-14(16)17(19)13-8-9-15(18)12(3)10-13/h4-11,17H,19H2,1-3H3. The Morgan fingerprint density at radius 1 is 1.10 bits per heavy atom. The summed E-state index contributed by atoms with van der Waals surface area (Å²) < 4.78 is 5.84. The molecule has 106 valence electrons. The van der Waals surface area contributed by atoms with Crippen LogP contribution in [-0.2, 0) is 0 Å². The fourth-order valence-corrected chi connectivity index (χ4v) is 2.26. The van der Waals surface area contributed by atoms with Crippen LogP contribution in [-0.4, -0.2) is 6.10 Å². The van der Waals surface area contributed by atoms with Crippen LogP contribution >= 0.6 is 11.6 Å². The minimum absolute atomic E-state index is 0.121. The fourth-order valence-electron chi connectivity index (χ4n) is 2.14. The minimum atomic E-state index is -0.221. The highest BCUT2D eigenvalue weighted by Crippen LogP contribution is 2.30. The van der Waals surface area contributed by atoms with Gasteiger partial charge in [0.25, 0.3) is 0 Å². The van der Waals surface area contributed by atoms with Gasteiger partial charge in [-0.25, -0.2) is 0 Å². The van der Waals surface area contributed by atoms with E-state index in [1.165, 1.54) is 0 Å². The lowest BCUT2D eigenvalue weighted by molar-refractivity contribution is 0.239. The zero-order chi connectivity index (χ0) is 14.7. The molecule has 0 aliphatic carbocycles. The van der Waals surface area contributed by atoms with Crippen molar-refractivity contribution >= 4 is 11.6 Å². The first kappa shape index (κ1) is 14.9. The number of rotatable bonds is 4. The van der Waals surface area contributed by atoms with Gasteiger partial charge in [-0.3, -0.25) is 0 Å². The summed E-state index contributed by atoms with van der Waals surface area (Å²) in [5, 5.41) is 0.757. The van der Waals surface area contributed by atoms with Crippen molar-refractivity contribution in [3.8, 4) is 5.75 Å². The molecule has 2 rings (SSSR count). The molecule has 0 saturated heterocycles. The number of nitrogens with two attached hydrogens (primary N) is 1. The van der Waals surface area contributed by atoms with Crippen molar-refractivity contribution in [1.29, 1.82) is 0 Å². The van der Waals surface area contributed by atoms with Crippen LogP contribution < -0.4 is 10.5 Å². The average molecular weight is 290 g/mol. The molecule has 0 fully saturated rings. The molecule has 0 radical (unpaired) electrons. The molecule has 0 saturated carbocycles. The van der Waals surface area contributed by atoms with E-state index in [-0.39, 0.29) is 12.1 Å². The van der Waals surface area contributed by atoms with Crippen LogP contribution in [0.2, 0.25) is 5.02 Å². The van der Waals surface area contributed by atoms with Gasteiger partial charge >= 0.3 is 0 Å². The monoisotopic (exact) mass is 289 g/mol. The van der Waals surface area contributed by atoms with Crippen LogP contribution in [0.1, 0.15) is 36.6 Å². The minimum Gasteiger partial charge on any atom is -0.491 e. The van der Waals surface area contributed by atoms with E-state index in [2.05, 4.69) is 0 Å². The maximum atomic E-state index is 6.39. The van der Waals surface area contributed by atoms with Crippen molar-refractivity contribution in [1.82, 2.24) is 0 Å².